The van der Waals surface area contributed by atoms with Gasteiger partial charge in [0.1, 0.15) is 0 Å². The molecular weight excluding hydrogens is 232 g/mol. The second kappa shape index (κ2) is 5.14. The van der Waals surface area contributed by atoms with E-state index in [2.05, 4.69) is 19.7 Å². The fourth-order valence-corrected chi connectivity index (χ4v) is 1.60. The van der Waals surface area contributed by atoms with Crippen molar-refractivity contribution in [1.29, 1.82) is 0 Å². The van der Waals surface area contributed by atoms with Gasteiger partial charge >= 0.3 is 5.97 Å². The van der Waals surface area contributed by atoms with Crippen molar-refractivity contribution >= 4 is 11.6 Å². The van der Waals surface area contributed by atoms with Crippen LogP contribution < -0.4 is 0 Å². The molecule has 0 saturated carbocycles. The molecule has 0 unspecified atom stereocenters. The summed E-state index contributed by atoms with van der Waals surface area (Å²) in [5, 5.41) is 4.33. The molecule has 0 atom stereocenters. The Kier molecular flexibility index (Phi) is 3.57. The summed E-state index contributed by atoms with van der Waals surface area (Å²) in [6.45, 7) is 0.890. The van der Waals surface area contributed by atoms with E-state index in [1.807, 2.05) is 14.1 Å². The van der Waals surface area contributed by atoms with Crippen LogP contribution in [0.2, 0.25) is 0 Å². The molecular formula is C12H16N4O2. The molecule has 0 aliphatic carbocycles. The second-order valence-corrected chi connectivity index (χ2v) is 4.29. The maximum Gasteiger partial charge on any atom is 0.339 e. The maximum atomic E-state index is 11.4. The van der Waals surface area contributed by atoms with Gasteiger partial charge in [0.05, 0.1) is 12.7 Å². The van der Waals surface area contributed by atoms with Gasteiger partial charge in [-0.05, 0) is 26.2 Å². The molecule has 6 heteroatoms. The van der Waals surface area contributed by atoms with E-state index in [0.29, 0.717) is 5.56 Å². The topological polar surface area (TPSA) is 59.7 Å². The lowest BCUT2D eigenvalue weighted by Gasteiger charge is -2.05. The average molecular weight is 248 g/mol. The number of esters is 1. The van der Waals surface area contributed by atoms with Crippen molar-refractivity contribution in [3.8, 4) is 0 Å². The van der Waals surface area contributed by atoms with Gasteiger partial charge in [-0.2, -0.15) is 5.10 Å². The van der Waals surface area contributed by atoms with E-state index < -0.39 is 0 Å². The number of aromatic nitrogens is 3. The molecule has 2 heterocycles. The Balaban J connectivity index is 2.25. The van der Waals surface area contributed by atoms with E-state index in [1.165, 1.54) is 7.11 Å². The molecule has 0 amide bonds. The number of pyridine rings is 1. The molecule has 2 aromatic rings. The van der Waals surface area contributed by atoms with Crippen LogP contribution in [0.1, 0.15) is 16.2 Å². The summed E-state index contributed by atoms with van der Waals surface area (Å²) in [7, 11) is 5.37. The van der Waals surface area contributed by atoms with Crippen LogP contribution in [0.15, 0.2) is 18.3 Å². The van der Waals surface area contributed by atoms with Crippen LogP contribution >= 0.6 is 0 Å². The number of carbonyl (C=O) groups excluding carboxylic acids is 1. The van der Waals surface area contributed by atoms with Gasteiger partial charge in [-0.1, -0.05) is 0 Å². The molecule has 0 saturated heterocycles. The molecule has 6 nitrogen and oxygen atoms in total. The number of nitrogens with zero attached hydrogens (tertiary/aromatic N) is 4. The van der Waals surface area contributed by atoms with Gasteiger partial charge < -0.3 is 9.64 Å². The molecule has 2 rings (SSSR count). The van der Waals surface area contributed by atoms with Crippen molar-refractivity contribution in [1.82, 2.24) is 19.5 Å². The number of ether oxygens (including phenoxy) is 1. The van der Waals surface area contributed by atoms with Gasteiger partial charge in [-0.3, -0.25) is 0 Å². The third-order valence-corrected chi connectivity index (χ3v) is 2.58. The predicted molar refractivity (Wildman–Crippen MR) is 66.6 cm³/mol. The zero-order chi connectivity index (χ0) is 13.1. The van der Waals surface area contributed by atoms with E-state index in [1.54, 1.807) is 22.8 Å². The lowest BCUT2D eigenvalue weighted by molar-refractivity contribution is 0.0600. The van der Waals surface area contributed by atoms with Crippen LogP contribution in [-0.2, 0) is 11.2 Å². The number of likely N-dealkylation sites (N-methyl/N-ethyl adjacent to an activating group) is 1. The van der Waals surface area contributed by atoms with Crippen molar-refractivity contribution in [2.45, 2.75) is 6.42 Å². The summed E-state index contributed by atoms with van der Waals surface area (Å²) in [5.74, 6) is 0.396. The van der Waals surface area contributed by atoms with E-state index in [4.69, 9.17) is 0 Å². The quantitative estimate of drug-likeness (QED) is 0.742. The largest absolute Gasteiger partial charge is 0.465 e. The summed E-state index contributed by atoms with van der Waals surface area (Å²) >= 11 is 0. The van der Waals surface area contributed by atoms with Gasteiger partial charge in [0.25, 0.3) is 0 Å². The van der Waals surface area contributed by atoms with Crippen molar-refractivity contribution in [3.63, 3.8) is 0 Å². The van der Waals surface area contributed by atoms with Crippen LogP contribution in [0, 0.1) is 0 Å². The lowest BCUT2D eigenvalue weighted by atomic mass is 10.3. The average Bonchev–Trinajstić information content (AvgIpc) is 2.77. The van der Waals surface area contributed by atoms with Crippen molar-refractivity contribution < 1.29 is 9.53 Å². The minimum atomic E-state index is -0.373. The Bertz CT molecular complexity index is 562. The summed E-state index contributed by atoms with van der Waals surface area (Å²) in [6, 6.07) is 3.45. The first-order chi connectivity index (χ1) is 8.60. The minimum Gasteiger partial charge on any atom is -0.465 e. The Hall–Kier alpha value is -1.95. The molecule has 0 aromatic carbocycles. The Morgan fingerprint density at radius 1 is 1.44 bits per heavy atom. The molecule has 2 aromatic heterocycles. The Morgan fingerprint density at radius 2 is 2.22 bits per heavy atom. The first kappa shape index (κ1) is 12.5. The van der Waals surface area contributed by atoms with Crippen LogP contribution in [-0.4, -0.2) is 53.2 Å². The highest BCUT2D eigenvalue weighted by Gasteiger charge is 2.09. The number of hydrogen-bond donors (Lipinski definition) is 0. The molecule has 0 radical (unpaired) electrons. The van der Waals surface area contributed by atoms with Gasteiger partial charge in [-0.25, -0.2) is 14.3 Å². The van der Waals surface area contributed by atoms with E-state index in [-0.39, 0.29) is 5.97 Å². The summed E-state index contributed by atoms with van der Waals surface area (Å²) in [6.07, 6.45) is 2.41. The number of rotatable bonds is 4. The second-order valence-electron chi connectivity index (χ2n) is 4.29. The predicted octanol–water partition coefficient (Wildman–Crippen LogP) is 0.620. The fraction of sp³-hybridized carbons (Fsp3) is 0.417. The highest BCUT2D eigenvalue weighted by molar-refractivity contribution is 5.89. The Labute approximate surface area is 105 Å². The van der Waals surface area contributed by atoms with Gasteiger partial charge in [0, 0.05) is 19.2 Å². The highest BCUT2D eigenvalue weighted by Crippen LogP contribution is 2.06. The number of fused-ring (bicyclic) bond motifs is 1. The summed E-state index contributed by atoms with van der Waals surface area (Å²) < 4.78 is 6.27. The SMILES string of the molecule is COC(=O)c1ccc2nc(CCN(C)C)nn2c1. The molecule has 0 N–H and O–H groups in total. The molecule has 18 heavy (non-hydrogen) atoms. The third kappa shape index (κ3) is 2.65. The fourth-order valence-electron chi connectivity index (χ4n) is 1.60. The van der Waals surface area contributed by atoms with Gasteiger partial charge in [-0.15, -0.1) is 0 Å². The summed E-state index contributed by atoms with van der Waals surface area (Å²) in [5.41, 5.74) is 1.20. The first-order valence-electron chi connectivity index (χ1n) is 5.68. The smallest absolute Gasteiger partial charge is 0.339 e. The first-order valence-corrected chi connectivity index (χ1v) is 5.68. The molecule has 0 spiro atoms. The summed E-state index contributed by atoms with van der Waals surface area (Å²) in [4.78, 5) is 17.8. The maximum absolute atomic E-state index is 11.4. The Morgan fingerprint density at radius 3 is 2.89 bits per heavy atom. The molecule has 0 aliphatic rings. The lowest BCUT2D eigenvalue weighted by Crippen LogP contribution is -2.15. The minimum absolute atomic E-state index is 0.373. The highest BCUT2D eigenvalue weighted by atomic mass is 16.5. The zero-order valence-electron chi connectivity index (χ0n) is 10.8. The van der Waals surface area contributed by atoms with E-state index in [9.17, 15) is 4.79 Å². The number of methoxy groups -OCH3 is 1. The number of carbonyl (C=O) groups is 1. The van der Waals surface area contributed by atoms with Gasteiger partial charge in [0.2, 0.25) is 0 Å². The van der Waals surface area contributed by atoms with Gasteiger partial charge in [0.15, 0.2) is 11.5 Å². The van der Waals surface area contributed by atoms with Crippen LogP contribution in [0.4, 0.5) is 0 Å². The normalized spacial score (nSPS) is 11.1. The van der Waals surface area contributed by atoms with Crippen molar-refractivity contribution in [2.75, 3.05) is 27.7 Å². The number of hydrogen-bond acceptors (Lipinski definition) is 5. The van der Waals surface area contributed by atoms with Crippen LogP contribution in [0.25, 0.3) is 5.65 Å². The zero-order valence-corrected chi connectivity index (χ0v) is 10.8. The van der Waals surface area contributed by atoms with Crippen molar-refractivity contribution in [2.24, 2.45) is 0 Å². The molecule has 0 aliphatic heterocycles. The van der Waals surface area contributed by atoms with E-state index in [0.717, 1.165) is 24.4 Å². The molecule has 96 valence electrons. The standard InChI is InChI=1S/C12H16N4O2/c1-15(2)7-6-10-13-11-5-4-9(12(17)18-3)8-16(11)14-10/h4-5,8H,6-7H2,1-3H3. The molecule has 0 bridgehead atoms. The monoisotopic (exact) mass is 248 g/mol. The van der Waals surface area contributed by atoms with E-state index >= 15 is 0 Å². The van der Waals surface area contributed by atoms with Crippen LogP contribution in [0.5, 0.6) is 0 Å². The molecule has 0 fully saturated rings. The van der Waals surface area contributed by atoms with Crippen LogP contribution in [0.3, 0.4) is 0 Å². The van der Waals surface area contributed by atoms with Crippen molar-refractivity contribution in [3.05, 3.63) is 29.7 Å². The third-order valence-electron chi connectivity index (χ3n) is 2.58.